The monoisotopic (exact) mass is 290 g/mol. The zero-order valence-corrected chi connectivity index (χ0v) is 12.4. The van der Waals surface area contributed by atoms with E-state index in [4.69, 9.17) is 9.84 Å². The number of nitrogens with zero attached hydrogens (tertiary/aromatic N) is 1. The summed E-state index contributed by atoms with van der Waals surface area (Å²) < 4.78 is 5.24. The molecule has 114 valence electrons. The molecule has 5 nitrogen and oxygen atoms in total. The molecule has 0 fully saturated rings. The van der Waals surface area contributed by atoms with Gasteiger partial charge < -0.3 is 14.8 Å². The summed E-state index contributed by atoms with van der Waals surface area (Å²) in [5.41, 5.74) is 2.19. The van der Waals surface area contributed by atoms with Gasteiger partial charge in [0.25, 0.3) is 0 Å². The van der Waals surface area contributed by atoms with Crippen molar-refractivity contribution in [2.75, 3.05) is 13.2 Å². The van der Waals surface area contributed by atoms with Crippen molar-refractivity contribution in [3.8, 4) is 0 Å². The number of aryl methyl sites for hydroxylation is 1. The summed E-state index contributed by atoms with van der Waals surface area (Å²) in [5.74, 6) is 0.534. The van der Waals surface area contributed by atoms with E-state index in [2.05, 4.69) is 16.9 Å². The molecule has 0 saturated heterocycles. The lowest BCUT2D eigenvalue weighted by molar-refractivity contribution is 0.0498. The number of aromatic amines is 1. The number of hydrogen-bond donors (Lipinski definition) is 2. The third kappa shape index (κ3) is 4.29. The van der Waals surface area contributed by atoms with Crippen molar-refractivity contribution in [2.45, 2.75) is 39.0 Å². The van der Waals surface area contributed by atoms with Crippen molar-refractivity contribution in [1.82, 2.24) is 9.97 Å². The second-order valence-corrected chi connectivity index (χ2v) is 5.09. The first kappa shape index (κ1) is 15.5. The minimum atomic E-state index is -0.292. The first-order valence-electron chi connectivity index (χ1n) is 7.51. The van der Waals surface area contributed by atoms with Crippen LogP contribution >= 0.6 is 0 Å². The Morgan fingerprint density at radius 2 is 2.19 bits per heavy atom. The van der Waals surface area contributed by atoms with Gasteiger partial charge in [0.15, 0.2) is 0 Å². The Morgan fingerprint density at radius 3 is 2.95 bits per heavy atom. The molecule has 0 aliphatic heterocycles. The molecule has 0 spiro atoms. The van der Waals surface area contributed by atoms with Crippen LogP contribution in [0.25, 0.3) is 11.0 Å². The molecule has 2 rings (SSSR count). The number of hydrogen-bond acceptors (Lipinski definition) is 4. The molecule has 0 aliphatic carbocycles. The highest BCUT2D eigenvalue weighted by atomic mass is 16.5. The Hall–Kier alpha value is -1.88. The average molecular weight is 290 g/mol. The van der Waals surface area contributed by atoms with Gasteiger partial charge in [-0.15, -0.1) is 0 Å². The second-order valence-electron chi connectivity index (χ2n) is 5.09. The minimum Gasteiger partial charge on any atom is -0.462 e. The topological polar surface area (TPSA) is 75.2 Å². The van der Waals surface area contributed by atoms with Crippen LogP contribution < -0.4 is 0 Å². The molecule has 0 saturated carbocycles. The highest BCUT2D eigenvalue weighted by Crippen LogP contribution is 2.15. The fraction of sp³-hybridized carbons (Fsp3) is 0.500. The zero-order valence-electron chi connectivity index (χ0n) is 12.4. The molecule has 5 heteroatoms. The van der Waals surface area contributed by atoms with Gasteiger partial charge in [0, 0.05) is 13.0 Å². The zero-order chi connectivity index (χ0) is 15.1. The number of esters is 1. The maximum absolute atomic E-state index is 11.9. The number of fused-ring (bicyclic) bond motifs is 1. The molecule has 2 N–H and O–H groups in total. The van der Waals surface area contributed by atoms with E-state index in [1.54, 1.807) is 12.1 Å². The van der Waals surface area contributed by atoms with Crippen LogP contribution in [0.4, 0.5) is 0 Å². The van der Waals surface area contributed by atoms with E-state index in [0.717, 1.165) is 36.1 Å². The number of nitrogens with one attached hydrogen (secondary N) is 1. The van der Waals surface area contributed by atoms with Crippen LogP contribution in [-0.4, -0.2) is 34.3 Å². The van der Waals surface area contributed by atoms with Crippen molar-refractivity contribution >= 4 is 17.0 Å². The number of carbonyl (C=O) groups excluding carboxylic acids is 1. The second kappa shape index (κ2) is 7.78. The van der Waals surface area contributed by atoms with Gasteiger partial charge in [0.2, 0.25) is 0 Å². The van der Waals surface area contributed by atoms with Crippen molar-refractivity contribution in [3.63, 3.8) is 0 Å². The van der Waals surface area contributed by atoms with Crippen molar-refractivity contribution in [3.05, 3.63) is 29.6 Å². The number of imidazole rings is 1. The molecule has 0 bridgehead atoms. The quantitative estimate of drug-likeness (QED) is 0.579. The van der Waals surface area contributed by atoms with Gasteiger partial charge in [-0.1, -0.05) is 19.8 Å². The third-order valence-electron chi connectivity index (χ3n) is 3.32. The van der Waals surface area contributed by atoms with Crippen LogP contribution in [0.2, 0.25) is 0 Å². The normalized spacial score (nSPS) is 11.0. The summed E-state index contributed by atoms with van der Waals surface area (Å²) in [6.45, 7) is 2.73. The van der Waals surface area contributed by atoms with E-state index in [-0.39, 0.29) is 12.6 Å². The van der Waals surface area contributed by atoms with Crippen molar-refractivity contribution in [2.24, 2.45) is 0 Å². The molecular formula is C16H22N2O3. The van der Waals surface area contributed by atoms with Gasteiger partial charge in [0.05, 0.1) is 23.2 Å². The van der Waals surface area contributed by atoms with Crippen LogP contribution in [0.1, 0.15) is 48.8 Å². The average Bonchev–Trinajstić information content (AvgIpc) is 2.91. The minimum absolute atomic E-state index is 0.145. The molecule has 1 heterocycles. The van der Waals surface area contributed by atoms with Crippen LogP contribution in [0.3, 0.4) is 0 Å². The molecule has 0 unspecified atom stereocenters. The Balaban J connectivity index is 2.02. The van der Waals surface area contributed by atoms with Gasteiger partial charge in [-0.2, -0.15) is 0 Å². The first-order valence-corrected chi connectivity index (χ1v) is 7.51. The Morgan fingerprint density at radius 1 is 1.33 bits per heavy atom. The largest absolute Gasteiger partial charge is 0.462 e. The molecule has 0 aliphatic rings. The summed E-state index contributed by atoms with van der Waals surface area (Å²) in [7, 11) is 0. The predicted molar refractivity (Wildman–Crippen MR) is 81.3 cm³/mol. The SMILES string of the molecule is CCCCCOC(=O)c1ccc2nc(CCCO)[nH]c2c1. The first-order chi connectivity index (χ1) is 10.2. The molecule has 2 aromatic rings. The van der Waals surface area contributed by atoms with E-state index in [1.165, 1.54) is 0 Å². The lowest BCUT2D eigenvalue weighted by Crippen LogP contribution is -2.06. The Bertz CT molecular complexity index is 592. The number of ether oxygens (including phenoxy) is 1. The molecule has 1 aromatic carbocycles. The summed E-state index contributed by atoms with van der Waals surface area (Å²) >= 11 is 0. The van der Waals surface area contributed by atoms with E-state index < -0.39 is 0 Å². The van der Waals surface area contributed by atoms with E-state index >= 15 is 0 Å². The van der Waals surface area contributed by atoms with Crippen LogP contribution in [-0.2, 0) is 11.2 Å². The van der Waals surface area contributed by atoms with Crippen LogP contribution in [0, 0.1) is 0 Å². The molecular weight excluding hydrogens is 268 g/mol. The number of H-pyrrole nitrogens is 1. The summed E-state index contributed by atoms with van der Waals surface area (Å²) in [4.78, 5) is 19.5. The smallest absolute Gasteiger partial charge is 0.338 e. The number of aliphatic hydroxyl groups excluding tert-OH is 1. The van der Waals surface area contributed by atoms with Gasteiger partial charge >= 0.3 is 5.97 Å². The van der Waals surface area contributed by atoms with Crippen molar-refractivity contribution in [1.29, 1.82) is 0 Å². The molecule has 0 radical (unpaired) electrons. The van der Waals surface area contributed by atoms with E-state index in [9.17, 15) is 4.79 Å². The maximum atomic E-state index is 11.9. The predicted octanol–water partition coefficient (Wildman–Crippen LogP) is 2.83. The standard InChI is InChI=1S/C16H22N2O3/c1-2-3-4-10-21-16(20)12-7-8-13-14(11-12)18-15(17-13)6-5-9-19/h7-8,11,19H,2-6,9-10H2,1H3,(H,17,18). The van der Waals surface area contributed by atoms with Crippen LogP contribution in [0.15, 0.2) is 18.2 Å². The van der Waals surface area contributed by atoms with Gasteiger partial charge in [-0.3, -0.25) is 0 Å². The number of unbranched alkanes of at least 4 members (excludes halogenated alkanes) is 2. The Labute approximate surface area is 124 Å². The molecule has 0 atom stereocenters. The van der Waals surface area contributed by atoms with Gasteiger partial charge in [0.1, 0.15) is 5.82 Å². The highest BCUT2D eigenvalue weighted by Gasteiger charge is 2.10. The van der Waals surface area contributed by atoms with E-state index in [0.29, 0.717) is 25.0 Å². The highest BCUT2D eigenvalue weighted by molar-refractivity contribution is 5.93. The lowest BCUT2D eigenvalue weighted by atomic mass is 10.2. The van der Waals surface area contributed by atoms with E-state index in [1.807, 2.05) is 6.07 Å². The fourth-order valence-electron chi connectivity index (χ4n) is 2.15. The number of carbonyl (C=O) groups is 1. The summed E-state index contributed by atoms with van der Waals surface area (Å²) in [6, 6.07) is 5.32. The fourth-order valence-corrected chi connectivity index (χ4v) is 2.15. The molecule has 1 aromatic heterocycles. The third-order valence-corrected chi connectivity index (χ3v) is 3.32. The summed E-state index contributed by atoms with van der Waals surface area (Å²) in [5, 5.41) is 8.84. The van der Waals surface area contributed by atoms with Crippen LogP contribution in [0.5, 0.6) is 0 Å². The lowest BCUT2D eigenvalue weighted by Gasteiger charge is -2.04. The Kier molecular flexibility index (Phi) is 5.75. The van der Waals surface area contributed by atoms with Gasteiger partial charge in [-0.25, -0.2) is 9.78 Å². The summed E-state index contributed by atoms with van der Waals surface area (Å²) in [6.07, 6.45) is 4.45. The molecule has 0 amide bonds. The maximum Gasteiger partial charge on any atom is 0.338 e. The number of aromatic nitrogens is 2. The number of aliphatic hydroxyl groups is 1. The van der Waals surface area contributed by atoms with Crippen molar-refractivity contribution < 1.29 is 14.6 Å². The van der Waals surface area contributed by atoms with Gasteiger partial charge in [-0.05, 0) is 31.0 Å². The number of rotatable bonds is 8. The molecule has 21 heavy (non-hydrogen) atoms. The number of benzene rings is 1.